The average Bonchev–Trinajstić information content (AvgIpc) is 3.26. The van der Waals surface area contributed by atoms with E-state index in [2.05, 4.69) is 19.9 Å². The quantitative estimate of drug-likeness (QED) is 0.135. The molecule has 0 spiro atoms. The lowest BCUT2D eigenvalue weighted by molar-refractivity contribution is -0.153. The SMILES string of the molecule is COC(=O)[C@H]1CC(C)=CCN1C(=O)[C@H](CC1=CCCN(C(=NC(=O)OC(C)(C)C)NC(=O)OC(C)(C)C)C1)NS(=O)(=O)c1ccc2c(c1)CCN(C)CC2. The summed E-state index contributed by atoms with van der Waals surface area (Å²) in [7, 11) is -0.968. The van der Waals surface area contributed by atoms with Gasteiger partial charge < -0.3 is 28.9 Å². The first-order valence-electron chi connectivity index (χ1n) is 18.3. The van der Waals surface area contributed by atoms with Crippen LogP contribution in [0.2, 0.25) is 0 Å². The summed E-state index contributed by atoms with van der Waals surface area (Å²) in [5.41, 5.74) is 1.87. The largest absolute Gasteiger partial charge is 0.467 e. The van der Waals surface area contributed by atoms with Crippen LogP contribution in [0.1, 0.15) is 78.9 Å². The van der Waals surface area contributed by atoms with Crippen molar-refractivity contribution in [2.24, 2.45) is 4.99 Å². The second kappa shape index (κ2) is 17.5. The van der Waals surface area contributed by atoms with Crippen molar-refractivity contribution in [1.82, 2.24) is 24.7 Å². The smallest absolute Gasteiger partial charge is 0.437 e. The molecule has 15 nitrogen and oxygen atoms in total. The van der Waals surface area contributed by atoms with E-state index in [4.69, 9.17) is 14.2 Å². The van der Waals surface area contributed by atoms with Crippen LogP contribution in [0.3, 0.4) is 0 Å². The van der Waals surface area contributed by atoms with Crippen LogP contribution in [-0.4, -0.2) is 123 Å². The molecule has 4 rings (SSSR count). The van der Waals surface area contributed by atoms with E-state index in [9.17, 15) is 27.6 Å². The number of alkyl carbamates (subject to hydrolysis) is 1. The third-order valence-corrected chi connectivity index (χ3v) is 10.6. The lowest BCUT2D eigenvalue weighted by Gasteiger charge is -2.36. The Morgan fingerprint density at radius 1 is 0.963 bits per heavy atom. The zero-order valence-corrected chi connectivity index (χ0v) is 33.8. The molecule has 298 valence electrons. The van der Waals surface area contributed by atoms with Crippen LogP contribution in [0.4, 0.5) is 9.59 Å². The Kier molecular flexibility index (Phi) is 13.7. The Morgan fingerprint density at radius 3 is 2.28 bits per heavy atom. The fraction of sp³-hybridized carbons (Fsp3) is 0.605. The second-order valence-electron chi connectivity index (χ2n) is 16.0. The van der Waals surface area contributed by atoms with Gasteiger partial charge >= 0.3 is 18.2 Å². The summed E-state index contributed by atoms with van der Waals surface area (Å²) in [6.07, 6.45) is 4.02. The number of likely N-dealkylation sites (N-methyl/N-ethyl adjacent to an activating group) is 1. The molecule has 2 atom stereocenters. The molecular formula is C38H56N6O9S. The molecule has 3 aliphatic rings. The summed E-state index contributed by atoms with van der Waals surface area (Å²) < 4.78 is 46.8. The van der Waals surface area contributed by atoms with E-state index in [0.717, 1.165) is 36.2 Å². The van der Waals surface area contributed by atoms with E-state index in [0.29, 0.717) is 25.0 Å². The first-order valence-corrected chi connectivity index (χ1v) is 19.7. The van der Waals surface area contributed by atoms with Gasteiger partial charge in [0.25, 0.3) is 0 Å². The Bertz CT molecular complexity index is 1790. The molecule has 0 bridgehead atoms. The first kappa shape index (κ1) is 42.5. The van der Waals surface area contributed by atoms with Crippen molar-refractivity contribution in [2.45, 2.75) is 109 Å². The second-order valence-corrected chi connectivity index (χ2v) is 17.7. The van der Waals surface area contributed by atoms with Crippen molar-refractivity contribution in [3.63, 3.8) is 0 Å². The minimum absolute atomic E-state index is 0.0371. The maximum absolute atomic E-state index is 14.5. The van der Waals surface area contributed by atoms with Crippen molar-refractivity contribution in [3.8, 4) is 0 Å². The highest BCUT2D eigenvalue weighted by molar-refractivity contribution is 7.89. The number of guanidine groups is 1. The van der Waals surface area contributed by atoms with Gasteiger partial charge in [-0.2, -0.15) is 4.72 Å². The number of fused-ring (bicyclic) bond motifs is 1. The third-order valence-electron chi connectivity index (χ3n) is 9.09. The number of benzene rings is 1. The number of aliphatic imine (C=N–C) groups is 1. The molecule has 16 heteroatoms. The van der Waals surface area contributed by atoms with E-state index in [1.54, 1.807) is 58.6 Å². The Morgan fingerprint density at radius 2 is 1.63 bits per heavy atom. The van der Waals surface area contributed by atoms with E-state index < -0.39 is 57.4 Å². The van der Waals surface area contributed by atoms with Gasteiger partial charge in [-0.1, -0.05) is 29.4 Å². The highest BCUT2D eigenvalue weighted by atomic mass is 32.2. The van der Waals surface area contributed by atoms with E-state index in [1.807, 2.05) is 32.2 Å². The first-order chi connectivity index (χ1) is 25.1. The van der Waals surface area contributed by atoms with Crippen molar-refractivity contribution >= 4 is 40.0 Å². The number of nitrogens with zero attached hydrogens (tertiary/aromatic N) is 4. The van der Waals surface area contributed by atoms with Gasteiger partial charge in [0, 0.05) is 32.7 Å². The lowest BCUT2D eigenvalue weighted by atomic mass is 9.97. The van der Waals surface area contributed by atoms with Crippen molar-refractivity contribution in [1.29, 1.82) is 0 Å². The molecule has 54 heavy (non-hydrogen) atoms. The average molecular weight is 773 g/mol. The fourth-order valence-corrected chi connectivity index (χ4v) is 7.67. The molecule has 3 aliphatic heterocycles. The standard InChI is InChI=1S/C38H56N6O9S/c1-25-14-20-44(31(21-25)33(46)51-9)32(45)30(41-54(49,50)29-13-12-27-15-18-42(8)19-16-28(27)23-29)22-26-11-10-17-43(24-26)34(39-35(47)52-37(2,3)4)40-36(48)53-38(5,6)7/h11-14,23,30-31,41H,10,15-22,24H2,1-9H3,(H,39,40,47,48)/t30-,31+/m0/s1. The molecule has 0 unspecified atom stereocenters. The number of esters is 1. The van der Waals surface area contributed by atoms with Gasteiger partial charge in [-0.15, -0.1) is 4.99 Å². The van der Waals surface area contributed by atoms with Crippen LogP contribution in [-0.2, 0) is 46.7 Å². The van der Waals surface area contributed by atoms with Gasteiger partial charge in [0.2, 0.25) is 21.9 Å². The van der Waals surface area contributed by atoms with Gasteiger partial charge in [-0.05, 0) is 111 Å². The lowest BCUT2D eigenvalue weighted by Crippen LogP contribution is -2.55. The zero-order valence-electron chi connectivity index (χ0n) is 33.0. The van der Waals surface area contributed by atoms with Crippen LogP contribution in [0.25, 0.3) is 0 Å². The number of hydrogen-bond donors (Lipinski definition) is 2. The predicted molar refractivity (Wildman–Crippen MR) is 203 cm³/mol. The Hall–Kier alpha value is -4.28. The number of rotatable bonds is 7. The number of carbonyl (C=O) groups excluding carboxylic acids is 4. The zero-order chi connectivity index (χ0) is 40.0. The number of amides is 3. The number of sulfonamides is 1. The molecule has 3 amide bonds. The predicted octanol–water partition coefficient (Wildman–Crippen LogP) is 3.92. The summed E-state index contributed by atoms with van der Waals surface area (Å²) >= 11 is 0. The molecule has 0 radical (unpaired) electrons. The van der Waals surface area contributed by atoms with E-state index >= 15 is 0 Å². The molecule has 0 saturated carbocycles. The van der Waals surface area contributed by atoms with Gasteiger partial charge in [0.1, 0.15) is 23.3 Å². The summed E-state index contributed by atoms with van der Waals surface area (Å²) in [5, 5.41) is 2.57. The van der Waals surface area contributed by atoms with Gasteiger partial charge in [0.15, 0.2) is 0 Å². The molecular weight excluding hydrogens is 717 g/mol. The molecule has 1 aromatic carbocycles. The van der Waals surface area contributed by atoms with Crippen LogP contribution in [0.5, 0.6) is 0 Å². The topological polar surface area (TPSA) is 176 Å². The molecule has 0 fully saturated rings. The molecule has 0 saturated heterocycles. The van der Waals surface area contributed by atoms with Crippen LogP contribution in [0.15, 0.2) is 51.4 Å². The maximum Gasteiger partial charge on any atom is 0.437 e. The van der Waals surface area contributed by atoms with E-state index in [1.165, 1.54) is 12.0 Å². The van der Waals surface area contributed by atoms with Crippen LogP contribution < -0.4 is 10.0 Å². The number of hydrogen-bond acceptors (Lipinski definition) is 10. The van der Waals surface area contributed by atoms with Crippen molar-refractivity contribution in [3.05, 3.63) is 52.6 Å². The van der Waals surface area contributed by atoms with Gasteiger partial charge in [-0.25, -0.2) is 22.8 Å². The molecule has 0 aromatic heterocycles. The summed E-state index contributed by atoms with van der Waals surface area (Å²) in [6.45, 7) is 14.2. The van der Waals surface area contributed by atoms with Crippen molar-refractivity contribution < 1.29 is 41.8 Å². The maximum atomic E-state index is 14.5. The summed E-state index contributed by atoms with van der Waals surface area (Å²) in [5.74, 6) is -1.32. The number of carbonyl (C=O) groups is 4. The molecule has 0 aliphatic carbocycles. The van der Waals surface area contributed by atoms with Crippen LogP contribution in [0, 0.1) is 0 Å². The molecule has 1 aromatic rings. The monoisotopic (exact) mass is 772 g/mol. The third kappa shape index (κ3) is 12.1. The van der Waals surface area contributed by atoms with Gasteiger partial charge in [0.05, 0.1) is 12.0 Å². The number of ether oxygens (including phenoxy) is 3. The Labute approximate surface area is 319 Å². The fourth-order valence-electron chi connectivity index (χ4n) is 6.43. The minimum atomic E-state index is -4.25. The highest BCUT2D eigenvalue weighted by Gasteiger charge is 2.38. The molecule has 3 heterocycles. The van der Waals surface area contributed by atoms with Gasteiger partial charge in [-0.3, -0.25) is 10.1 Å². The number of methoxy groups -OCH3 is 1. The van der Waals surface area contributed by atoms with E-state index in [-0.39, 0.29) is 36.8 Å². The number of nitrogens with one attached hydrogen (secondary N) is 2. The Balaban J connectivity index is 1.67. The summed E-state index contributed by atoms with van der Waals surface area (Å²) in [6, 6.07) is 2.80. The minimum Gasteiger partial charge on any atom is -0.467 e. The van der Waals surface area contributed by atoms with Crippen molar-refractivity contribution in [2.75, 3.05) is 46.9 Å². The normalized spacial score (nSPS) is 19.4. The van der Waals surface area contributed by atoms with Crippen LogP contribution >= 0.6 is 0 Å². The molecule has 2 N–H and O–H groups in total. The summed E-state index contributed by atoms with van der Waals surface area (Å²) in [4.78, 5) is 62.3. The highest BCUT2D eigenvalue weighted by Crippen LogP contribution is 2.25.